The van der Waals surface area contributed by atoms with E-state index in [2.05, 4.69) is 19.8 Å². The first-order valence-corrected chi connectivity index (χ1v) is 10.7. The molecule has 2 fully saturated rings. The second-order valence-electron chi connectivity index (χ2n) is 8.08. The van der Waals surface area contributed by atoms with Crippen LogP contribution in [-0.4, -0.2) is 78.5 Å². The van der Waals surface area contributed by atoms with Gasteiger partial charge in [0, 0.05) is 70.1 Å². The van der Waals surface area contributed by atoms with E-state index in [4.69, 9.17) is 0 Å². The van der Waals surface area contributed by atoms with Crippen LogP contribution in [-0.2, 0) is 4.79 Å². The Morgan fingerprint density at radius 1 is 0.968 bits per heavy atom. The number of likely N-dealkylation sites (N-methyl/N-ethyl adjacent to an activating group) is 1. The molecule has 3 heterocycles. The number of rotatable bonds is 5. The highest BCUT2D eigenvalue weighted by Gasteiger charge is 2.27. The summed E-state index contributed by atoms with van der Waals surface area (Å²) in [6.45, 7) is 6.76. The lowest BCUT2D eigenvalue weighted by Gasteiger charge is -2.40. The molecular formula is C22H28F2N6O. The zero-order valence-corrected chi connectivity index (χ0v) is 18.0. The molecule has 9 heteroatoms. The van der Waals surface area contributed by atoms with Crippen LogP contribution in [0.4, 0.5) is 20.4 Å². The Kier molecular flexibility index (Phi) is 6.31. The number of anilines is 2. The van der Waals surface area contributed by atoms with Gasteiger partial charge < -0.3 is 14.7 Å². The number of nitrogens with zero attached hydrogens (tertiary/aromatic N) is 6. The Labute approximate surface area is 181 Å². The summed E-state index contributed by atoms with van der Waals surface area (Å²) in [6, 6.07) is 5.69. The molecule has 0 bridgehead atoms. The van der Waals surface area contributed by atoms with Crippen LogP contribution >= 0.6 is 0 Å². The Hall–Kier alpha value is -2.81. The van der Waals surface area contributed by atoms with E-state index >= 15 is 0 Å². The third kappa shape index (κ3) is 4.61. The monoisotopic (exact) mass is 430 g/mol. The van der Waals surface area contributed by atoms with Gasteiger partial charge in [0.1, 0.15) is 29.6 Å². The van der Waals surface area contributed by atoms with E-state index in [-0.39, 0.29) is 11.9 Å². The molecule has 2 aliphatic rings. The molecule has 0 aliphatic carbocycles. The third-order valence-electron chi connectivity index (χ3n) is 6.21. The molecule has 1 amide bonds. The highest BCUT2D eigenvalue weighted by atomic mass is 19.1. The van der Waals surface area contributed by atoms with E-state index in [1.165, 1.54) is 6.07 Å². The Morgan fingerprint density at radius 3 is 2.29 bits per heavy atom. The number of aromatic nitrogens is 2. The molecule has 1 atom stereocenters. The second-order valence-corrected chi connectivity index (χ2v) is 8.08. The summed E-state index contributed by atoms with van der Waals surface area (Å²) in [4.78, 5) is 29.0. The number of hydrogen-bond donors (Lipinski definition) is 0. The molecular weight excluding hydrogens is 402 g/mol. The third-order valence-corrected chi connectivity index (χ3v) is 6.21. The van der Waals surface area contributed by atoms with Gasteiger partial charge in [0.05, 0.1) is 6.54 Å². The number of carbonyl (C=O) groups is 1. The zero-order valence-electron chi connectivity index (χ0n) is 18.0. The summed E-state index contributed by atoms with van der Waals surface area (Å²) in [5.41, 5.74) is 0.543. The average Bonchev–Trinajstić information content (AvgIpc) is 2.78. The van der Waals surface area contributed by atoms with E-state index < -0.39 is 11.6 Å². The van der Waals surface area contributed by atoms with Crippen molar-refractivity contribution in [3.8, 4) is 0 Å². The second kappa shape index (κ2) is 9.13. The maximum absolute atomic E-state index is 14.3. The first-order valence-electron chi connectivity index (χ1n) is 10.7. The highest BCUT2D eigenvalue weighted by Crippen LogP contribution is 2.29. The van der Waals surface area contributed by atoms with Gasteiger partial charge in [0.25, 0.3) is 0 Å². The number of amides is 1. The molecule has 1 aromatic heterocycles. The van der Waals surface area contributed by atoms with Gasteiger partial charge in [0.15, 0.2) is 0 Å². The van der Waals surface area contributed by atoms with E-state index in [0.717, 1.165) is 56.8 Å². The molecule has 2 aromatic rings. The lowest BCUT2D eigenvalue weighted by atomic mass is 10.0. The highest BCUT2D eigenvalue weighted by molar-refractivity contribution is 5.82. The lowest BCUT2D eigenvalue weighted by Crippen LogP contribution is -2.49. The number of hydrogen-bond acceptors (Lipinski definition) is 6. The Morgan fingerprint density at radius 2 is 1.65 bits per heavy atom. The van der Waals surface area contributed by atoms with Gasteiger partial charge in [-0.15, -0.1) is 0 Å². The molecule has 166 valence electrons. The smallest absolute Gasteiger partial charge is 0.241 e. The molecule has 7 nitrogen and oxygen atoms in total. The van der Waals surface area contributed by atoms with Gasteiger partial charge in [-0.3, -0.25) is 9.69 Å². The molecule has 0 radical (unpaired) electrons. The van der Waals surface area contributed by atoms with Crippen LogP contribution in [0.25, 0.3) is 0 Å². The van der Waals surface area contributed by atoms with Crippen molar-refractivity contribution in [3.63, 3.8) is 0 Å². The summed E-state index contributed by atoms with van der Waals surface area (Å²) >= 11 is 0. The minimum Gasteiger partial charge on any atom is -0.354 e. The van der Waals surface area contributed by atoms with Crippen molar-refractivity contribution < 1.29 is 13.6 Å². The SMILES string of the molecule is CCC(c1ccc(F)cc1F)N1CCN(c2cc(N3CCN(C)C(=O)C3)ncn2)CC1. The lowest BCUT2D eigenvalue weighted by molar-refractivity contribution is -0.129. The molecule has 0 saturated carbocycles. The molecule has 1 aromatic carbocycles. The molecule has 1 unspecified atom stereocenters. The van der Waals surface area contributed by atoms with Gasteiger partial charge in [0.2, 0.25) is 5.91 Å². The van der Waals surface area contributed by atoms with Crippen molar-refractivity contribution in [1.82, 2.24) is 19.8 Å². The Bertz CT molecular complexity index is 934. The van der Waals surface area contributed by atoms with Gasteiger partial charge in [-0.1, -0.05) is 13.0 Å². The summed E-state index contributed by atoms with van der Waals surface area (Å²) in [6.07, 6.45) is 2.29. The Balaban J connectivity index is 1.42. The molecule has 4 rings (SSSR count). The van der Waals surface area contributed by atoms with Crippen LogP contribution in [0.3, 0.4) is 0 Å². The molecule has 0 N–H and O–H groups in total. The van der Waals surface area contributed by atoms with Gasteiger partial charge >= 0.3 is 0 Å². The fourth-order valence-electron chi connectivity index (χ4n) is 4.35. The molecule has 0 spiro atoms. The fourth-order valence-corrected chi connectivity index (χ4v) is 4.35. The van der Waals surface area contributed by atoms with Gasteiger partial charge in [-0.25, -0.2) is 18.7 Å². The number of piperazine rings is 2. The van der Waals surface area contributed by atoms with Crippen molar-refractivity contribution in [3.05, 3.63) is 47.8 Å². The topological polar surface area (TPSA) is 55.8 Å². The summed E-state index contributed by atoms with van der Waals surface area (Å²) < 4.78 is 27.6. The first-order chi connectivity index (χ1) is 15.0. The van der Waals surface area contributed by atoms with Crippen LogP contribution in [0.5, 0.6) is 0 Å². The minimum atomic E-state index is -0.553. The van der Waals surface area contributed by atoms with E-state index in [1.54, 1.807) is 17.3 Å². The zero-order chi connectivity index (χ0) is 22.0. The number of halogens is 2. The average molecular weight is 431 g/mol. The van der Waals surface area contributed by atoms with E-state index in [1.807, 2.05) is 24.9 Å². The summed E-state index contributed by atoms with van der Waals surface area (Å²) in [7, 11) is 1.81. The van der Waals surface area contributed by atoms with Crippen LogP contribution < -0.4 is 9.80 Å². The van der Waals surface area contributed by atoms with Crippen LogP contribution in [0.2, 0.25) is 0 Å². The first kappa shape index (κ1) is 21.4. The minimum absolute atomic E-state index is 0.0821. The van der Waals surface area contributed by atoms with Gasteiger partial charge in [-0.2, -0.15) is 0 Å². The van der Waals surface area contributed by atoms with Crippen LogP contribution in [0.1, 0.15) is 24.9 Å². The van der Waals surface area contributed by atoms with E-state index in [9.17, 15) is 13.6 Å². The molecule has 31 heavy (non-hydrogen) atoms. The predicted molar refractivity (Wildman–Crippen MR) is 115 cm³/mol. The predicted octanol–water partition coefficient (Wildman–Crippen LogP) is 2.31. The molecule has 2 saturated heterocycles. The van der Waals surface area contributed by atoms with Crippen LogP contribution in [0.15, 0.2) is 30.6 Å². The normalized spacial score (nSPS) is 19.1. The summed E-state index contributed by atoms with van der Waals surface area (Å²) in [5, 5.41) is 0. The van der Waals surface area contributed by atoms with Crippen molar-refractivity contribution >= 4 is 17.5 Å². The standard InChI is InChI=1S/C22H28F2N6O/c1-3-19(17-5-4-16(23)12-18(17)24)28-8-10-29(11-9-28)20-13-21(26-15-25-20)30-7-6-27(2)22(31)14-30/h4-5,12-13,15,19H,3,6-11,14H2,1-2H3. The van der Waals surface area contributed by atoms with Gasteiger partial charge in [-0.05, 0) is 12.5 Å². The maximum atomic E-state index is 14.3. The van der Waals surface area contributed by atoms with Crippen molar-refractivity contribution in [2.24, 2.45) is 0 Å². The van der Waals surface area contributed by atoms with Crippen LogP contribution in [0, 0.1) is 11.6 Å². The maximum Gasteiger partial charge on any atom is 0.241 e. The number of carbonyl (C=O) groups excluding carboxylic acids is 1. The fraction of sp³-hybridized carbons (Fsp3) is 0.500. The molecule has 2 aliphatic heterocycles. The number of benzene rings is 1. The quantitative estimate of drug-likeness (QED) is 0.726. The van der Waals surface area contributed by atoms with Crippen molar-refractivity contribution in [1.29, 1.82) is 0 Å². The van der Waals surface area contributed by atoms with Crippen molar-refractivity contribution in [2.45, 2.75) is 19.4 Å². The largest absolute Gasteiger partial charge is 0.354 e. The van der Waals surface area contributed by atoms with Crippen molar-refractivity contribution in [2.75, 3.05) is 62.7 Å². The summed E-state index contributed by atoms with van der Waals surface area (Å²) in [5.74, 6) is 0.628. The van der Waals surface area contributed by atoms with E-state index in [0.29, 0.717) is 18.7 Å².